The number of carbonyl (C=O) groups excluding carboxylic acids is 1. The molecule has 0 saturated heterocycles. The van der Waals surface area contributed by atoms with Crippen LogP contribution in [0.1, 0.15) is 27.2 Å². The van der Waals surface area contributed by atoms with Gasteiger partial charge in [0.25, 0.3) is 0 Å². The molecule has 0 atom stereocenters. The van der Waals surface area contributed by atoms with Gasteiger partial charge in [-0.25, -0.2) is 9.42 Å². The lowest BCUT2D eigenvalue weighted by molar-refractivity contribution is 0.0589. The number of rotatable bonds is 2. The fraction of sp³-hybridized carbons (Fsp3) is 0.308. The van der Waals surface area contributed by atoms with E-state index in [1.165, 1.54) is 7.11 Å². The van der Waals surface area contributed by atoms with Gasteiger partial charge in [-0.2, -0.15) is 0 Å². The maximum Gasteiger partial charge on any atom is 0.362 e. The highest BCUT2D eigenvalue weighted by Gasteiger charge is 2.22. The molecule has 0 saturated carbocycles. The lowest BCUT2D eigenvalue weighted by atomic mass is 9.96. The third kappa shape index (κ3) is 1.99. The number of ether oxygens (including phenoxy) is 1. The van der Waals surface area contributed by atoms with Gasteiger partial charge in [-0.1, -0.05) is 17.7 Å². The van der Waals surface area contributed by atoms with Crippen molar-refractivity contribution in [2.75, 3.05) is 7.11 Å². The molecule has 5 heteroatoms. The molecule has 1 heterocycles. The SMILES string of the molecule is COC(=O)c1nonc1-c1c(C)cc(C)cc1C. The summed E-state index contributed by atoms with van der Waals surface area (Å²) in [6.45, 7) is 5.95. The lowest BCUT2D eigenvalue weighted by Crippen LogP contribution is -2.04. The van der Waals surface area contributed by atoms with Crippen molar-refractivity contribution in [1.82, 2.24) is 10.3 Å². The van der Waals surface area contributed by atoms with E-state index in [1.807, 2.05) is 32.9 Å². The normalized spacial score (nSPS) is 10.4. The molecule has 0 amide bonds. The fourth-order valence-corrected chi connectivity index (χ4v) is 2.14. The molecule has 0 aliphatic carbocycles. The van der Waals surface area contributed by atoms with Crippen molar-refractivity contribution in [2.45, 2.75) is 20.8 Å². The van der Waals surface area contributed by atoms with Crippen LogP contribution >= 0.6 is 0 Å². The molecule has 18 heavy (non-hydrogen) atoms. The highest BCUT2D eigenvalue weighted by Crippen LogP contribution is 2.29. The Labute approximate surface area is 105 Å². The number of nitrogens with zero attached hydrogens (tertiary/aromatic N) is 2. The molecule has 1 aromatic heterocycles. The largest absolute Gasteiger partial charge is 0.464 e. The maximum atomic E-state index is 11.6. The topological polar surface area (TPSA) is 65.2 Å². The van der Waals surface area contributed by atoms with Crippen LogP contribution in [0.25, 0.3) is 11.3 Å². The van der Waals surface area contributed by atoms with Crippen LogP contribution in [0.3, 0.4) is 0 Å². The summed E-state index contributed by atoms with van der Waals surface area (Å²) in [5.41, 5.74) is 4.60. The molecule has 0 radical (unpaired) electrons. The van der Waals surface area contributed by atoms with Gasteiger partial charge in [-0.15, -0.1) is 0 Å². The fourth-order valence-electron chi connectivity index (χ4n) is 2.14. The predicted molar refractivity (Wildman–Crippen MR) is 65.3 cm³/mol. The molecule has 94 valence electrons. The van der Waals surface area contributed by atoms with Crippen LogP contribution in [0.4, 0.5) is 0 Å². The Morgan fingerprint density at radius 1 is 1.17 bits per heavy atom. The Morgan fingerprint density at radius 2 is 1.78 bits per heavy atom. The number of hydrogen-bond acceptors (Lipinski definition) is 5. The van der Waals surface area contributed by atoms with Gasteiger partial charge in [-0.05, 0) is 42.2 Å². The molecular formula is C13H14N2O3. The van der Waals surface area contributed by atoms with Crippen LogP contribution < -0.4 is 0 Å². The standard InChI is InChI=1S/C13H14N2O3/c1-7-5-8(2)10(9(3)6-7)11-12(13(16)17-4)15-18-14-11/h5-6H,1-4H3. The summed E-state index contributed by atoms with van der Waals surface area (Å²) >= 11 is 0. The second-order valence-electron chi connectivity index (χ2n) is 4.23. The second-order valence-corrected chi connectivity index (χ2v) is 4.23. The van der Waals surface area contributed by atoms with Gasteiger partial charge in [0, 0.05) is 5.56 Å². The number of aryl methyl sites for hydroxylation is 3. The Hall–Kier alpha value is -2.17. The van der Waals surface area contributed by atoms with Gasteiger partial charge < -0.3 is 4.74 Å². The number of benzene rings is 1. The van der Waals surface area contributed by atoms with E-state index in [1.54, 1.807) is 0 Å². The van der Waals surface area contributed by atoms with Gasteiger partial charge >= 0.3 is 5.97 Å². The molecule has 5 nitrogen and oxygen atoms in total. The number of aromatic nitrogens is 2. The Morgan fingerprint density at radius 3 is 2.33 bits per heavy atom. The van der Waals surface area contributed by atoms with Crippen molar-refractivity contribution in [3.63, 3.8) is 0 Å². The zero-order valence-corrected chi connectivity index (χ0v) is 10.8. The van der Waals surface area contributed by atoms with Crippen molar-refractivity contribution in [1.29, 1.82) is 0 Å². The monoisotopic (exact) mass is 246 g/mol. The Balaban J connectivity index is 2.63. The molecule has 2 aromatic rings. The molecular weight excluding hydrogens is 232 g/mol. The van der Waals surface area contributed by atoms with Crippen molar-refractivity contribution < 1.29 is 14.2 Å². The minimum atomic E-state index is -0.550. The molecule has 0 bridgehead atoms. The van der Waals surface area contributed by atoms with Crippen LogP contribution in [0.15, 0.2) is 16.8 Å². The summed E-state index contributed by atoms with van der Waals surface area (Å²) in [5.74, 6) is -0.550. The first-order valence-corrected chi connectivity index (χ1v) is 5.53. The van der Waals surface area contributed by atoms with Crippen LogP contribution in [0.5, 0.6) is 0 Å². The van der Waals surface area contributed by atoms with Gasteiger partial charge in [-0.3, -0.25) is 0 Å². The number of carbonyl (C=O) groups is 1. The summed E-state index contributed by atoms with van der Waals surface area (Å²) in [7, 11) is 1.30. The van der Waals surface area contributed by atoms with Gasteiger partial charge in [0.15, 0.2) is 5.69 Å². The minimum absolute atomic E-state index is 0.104. The number of hydrogen-bond donors (Lipinski definition) is 0. The van der Waals surface area contributed by atoms with E-state index in [2.05, 4.69) is 19.7 Å². The van der Waals surface area contributed by atoms with Gasteiger partial charge in [0.1, 0.15) is 0 Å². The summed E-state index contributed by atoms with van der Waals surface area (Å²) in [4.78, 5) is 11.6. The molecule has 0 aliphatic heterocycles. The smallest absolute Gasteiger partial charge is 0.362 e. The molecule has 0 fully saturated rings. The quantitative estimate of drug-likeness (QED) is 0.761. The van der Waals surface area contributed by atoms with E-state index in [9.17, 15) is 4.79 Å². The van der Waals surface area contributed by atoms with Crippen LogP contribution in [-0.2, 0) is 4.74 Å². The second kappa shape index (κ2) is 4.60. The van der Waals surface area contributed by atoms with Crippen molar-refractivity contribution in [3.05, 3.63) is 34.5 Å². The van der Waals surface area contributed by atoms with Crippen LogP contribution in [-0.4, -0.2) is 23.4 Å². The van der Waals surface area contributed by atoms with E-state index in [-0.39, 0.29) is 5.69 Å². The van der Waals surface area contributed by atoms with Gasteiger partial charge in [0.2, 0.25) is 5.69 Å². The zero-order valence-electron chi connectivity index (χ0n) is 10.8. The zero-order chi connectivity index (χ0) is 13.3. The van der Waals surface area contributed by atoms with E-state index in [4.69, 9.17) is 0 Å². The first-order chi connectivity index (χ1) is 8.54. The highest BCUT2D eigenvalue weighted by atomic mass is 16.6. The summed E-state index contributed by atoms with van der Waals surface area (Å²) in [5, 5.41) is 7.43. The molecule has 2 rings (SSSR count). The van der Waals surface area contributed by atoms with Crippen molar-refractivity contribution in [3.8, 4) is 11.3 Å². The van der Waals surface area contributed by atoms with Crippen molar-refractivity contribution >= 4 is 5.97 Å². The molecule has 1 aromatic carbocycles. The summed E-state index contributed by atoms with van der Waals surface area (Å²) in [6.07, 6.45) is 0. The first kappa shape index (κ1) is 12.3. The highest BCUT2D eigenvalue weighted by molar-refractivity contribution is 5.94. The molecule has 0 spiro atoms. The van der Waals surface area contributed by atoms with E-state index in [0.717, 1.165) is 22.3 Å². The van der Waals surface area contributed by atoms with Crippen LogP contribution in [0, 0.1) is 20.8 Å². The van der Waals surface area contributed by atoms with E-state index < -0.39 is 5.97 Å². The minimum Gasteiger partial charge on any atom is -0.464 e. The molecule has 0 N–H and O–H groups in total. The average molecular weight is 246 g/mol. The Kier molecular flexibility index (Phi) is 3.14. The summed E-state index contributed by atoms with van der Waals surface area (Å²) < 4.78 is 9.32. The van der Waals surface area contributed by atoms with Crippen molar-refractivity contribution in [2.24, 2.45) is 0 Å². The first-order valence-electron chi connectivity index (χ1n) is 5.53. The summed E-state index contributed by atoms with van der Waals surface area (Å²) in [6, 6.07) is 4.05. The van der Waals surface area contributed by atoms with Crippen LogP contribution in [0.2, 0.25) is 0 Å². The third-order valence-electron chi connectivity index (χ3n) is 2.78. The Bertz CT molecular complexity index is 579. The average Bonchev–Trinajstić information content (AvgIpc) is 2.75. The predicted octanol–water partition coefficient (Wildman–Crippen LogP) is 2.45. The third-order valence-corrected chi connectivity index (χ3v) is 2.78. The van der Waals surface area contributed by atoms with Gasteiger partial charge in [0.05, 0.1) is 7.11 Å². The van der Waals surface area contributed by atoms with E-state index >= 15 is 0 Å². The lowest BCUT2D eigenvalue weighted by Gasteiger charge is -2.08. The molecule has 0 aliphatic rings. The van der Waals surface area contributed by atoms with E-state index in [0.29, 0.717) is 5.69 Å². The number of methoxy groups -OCH3 is 1. The number of esters is 1. The molecule has 0 unspecified atom stereocenters. The maximum absolute atomic E-state index is 11.6.